The van der Waals surface area contributed by atoms with Crippen molar-refractivity contribution in [1.82, 2.24) is 0 Å². The zero-order chi connectivity index (χ0) is 18.8. The van der Waals surface area contributed by atoms with Gasteiger partial charge in [0.05, 0.1) is 6.61 Å². The predicted octanol–water partition coefficient (Wildman–Crippen LogP) is 4.85. The van der Waals surface area contributed by atoms with Crippen molar-refractivity contribution < 1.29 is 14.6 Å². The van der Waals surface area contributed by atoms with E-state index in [1.165, 1.54) is 22.3 Å². The molecule has 27 heavy (non-hydrogen) atoms. The number of aliphatic hydroxyl groups excluding tert-OH is 1. The number of hydrogen-bond donors (Lipinski definition) is 2. The standard InChI is InChI=1S/C23H21NO3/c1-15-16(13-25)7-6-12-22(15)24-23(26)27-14-21-19-10-4-2-8-17(19)18-9-3-5-11-20(18)21/h2-12,21,25H,13-14H2,1H3,(H,24,26). The van der Waals surface area contributed by atoms with E-state index in [0.29, 0.717) is 5.69 Å². The highest BCUT2D eigenvalue weighted by Crippen LogP contribution is 2.44. The molecule has 1 aliphatic carbocycles. The first-order valence-corrected chi connectivity index (χ1v) is 9.00. The average molecular weight is 359 g/mol. The summed E-state index contributed by atoms with van der Waals surface area (Å²) in [6.07, 6.45) is -0.491. The summed E-state index contributed by atoms with van der Waals surface area (Å²) < 4.78 is 5.56. The van der Waals surface area contributed by atoms with Crippen LogP contribution < -0.4 is 5.32 Å². The van der Waals surface area contributed by atoms with Gasteiger partial charge in [0.25, 0.3) is 0 Å². The molecule has 3 aromatic carbocycles. The zero-order valence-corrected chi connectivity index (χ0v) is 15.1. The quantitative estimate of drug-likeness (QED) is 0.700. The highest BCUT2D eigenvalue weighted by Gasteiger charge is 2.29. The third-order valence-corrected chi connectivity index (χ3v) is 5.20. The van der Waals surface area contributed by atoms with E-state index in [0.717, 1.165) is 11.1 Å². The van der Waals surface area contributed by atoms with Crippen LogP contribution in [0.3, 0.4) is 0 Å². The Hall–Kier alpha value is -3.11. The number of amides is 1. The average Bonchev–Trinajstić information content (AvgIpc) is 3.02. The maximum Gasteiger partial charge on any atom is 0.411 e. The molecule has 0 saturated heterocycles. The van der Waals surface area contributed by atoms with Crippen LogP contribution in [0, 0.1) is 6.92 Å². The highest BCUT2D eigenvalue weighted by molar-refractivity contribution is 5.86. The molecule has 4 rings (SSSR count). The van der Waals surface area contributed by atoms with Crippen LogP contribution in [0.1, 0.15) is 28.2 Å². The first-order chi connectivity index (χ1) is 13.2. The lowest BCUT2D eigenvalue weighted by Crippen LogP contribution is -2.18. The number of anilines is 1. The molecule has 0 spiro atoms. The normalized spacial score (nSPS) is 12.4. The van der Waals surface area contributed by atoms with Gasteiger partial charge in [0, 0.05) is 11.6 Å². The van der Waals surface area contributed by atoms with Crippen LogP contribution in [-0.2, 0) is 11.3 Å². The fourth-order valence-corrected chi connectivity index (χ4v) is 3.73. The summed E-state index contributed by atoms with van der Waals surface area (Å²) in [5.74, 6) is 0.0352. The number of aliphatic hydroxyl groups is 1. The molecule has 0 radical (unpaired) electrons. The SMILES string of the molecule is Cc1c(CO)cccc1NC(=O)OCC1c2ccccc2-c2ccccc21. The van der Waals surface area contributed by atoms with Crippen molar-refractivity contribution in [3.63, 3.8) is 0 Å². The van der Waals surface area contributed by atoms with Crippen molar-refractivity contribution in [3.05, 3.63) is 89.0 Å². The molecule has 0 aliphatic heterocycles. The molecule has 1 amide bonds. The van der Waals surface area contributed by atoms with Gasteiger partial charge in [-0.05, 0) is 46.4 Å². The topological polar surface area (TPSA) is 58.6 Å². The Morgan fingerprint density at radius 2 is 1.59 bits per heavy atom. The van der Waals surface area contributed by atoms with E-state index in [2.05, 4.69) is 29.6 Å². The van der Waals surface area contributed by atoms with E-state index in [9.17, 15) is 9.90 Å². The molecule has 0 bridgehead atoms. The van der Waals surface area contributed by atoms with Crippen molar-refractivity contribution in [2.24, 2.45) is 0 Å². The number of benzene rings is 3. The van der Waals surface area contributed by atoms with Gasteiger partial charge in [0.1, 0.15) is 6.61 Å². The minimum absolute atomic E-state index is 0.0352. The lowest BCUT2D eigenvalue weighted by Gasteiger charge is -2.15. The Bertz CT molecular complexity index is 951. The second kappa shape index (κ2) is 7.25. The third-order valence-electron chi connectivity index (χ3n) is 5.20. The van der Waals surface area contributed by atoms with Gasteiger partial charge in [-0.2, -0.15) is 0 Å². The molecule has 0 atom stereocenters. The van der Waals surface area contributed by atoms with Crippen LogP contribution in [0.25, 0.3) is 11.1 Å². The second-order valence-electron chi connectivity index (χ2n) is 6.70. The number of carbonyl (C=O) groups excluding carboxylic acids is 1. The van der Waals surface area contributed by atoms with Crippen LogP contribution in [0.4, 0.5) is 10.5 Å². The fourth-order valence-electron chi connectivity index (χ4n) is 3.73. The highest BCUT2D eigenvalue weighted by atomic mass is 16.5. The largest absolute Gasteiger partial charge is 0.448 e. The molecule has 4 heteroatoms. The minimum atomic E-state index is -0.491. The molecule has 0 unspecified atom stereocenters. The Morgan fingerprint density at radius 1 is 0.963 bits per heavy atom. The summed E-state index contributed by atoms with van der Waals surface area (Å²) in [5, 5.41) is 12.2. The van der Waals surface area contributed by atoms with E-state index < -0.39 is 6.09 Å². The molecule has 0 aromatic heterocycles. The smallest absolute Gasteiger partial charge is 0.411 e. The van der Waals surface area contributed by atoms with Gasteiger partial charge in [-0.15, -0.1) is 0 Å². The molecule has 3 aromatic rings. The second-order valence-corrected chi connectivity index (χ2v) is 6.70. The van der Waals surface area contributed by atoms with Gasteiger partial charge < -0.3 is 9.84 Å². The van der Waals surface area contributed by atoms with Gasteiger partial charge in [-0.3, -0.25) is 5.32 Å². The maximum absolute atomic E-state index is 12.3. The van der Waals surface area contributed by atoms with E-state index in [1.807, 2.05) is 37.3 Å². The summed E-state index contributed by atoms with van der Waals surface area (Å²) in [7, 11) is 0. The third kappa shape index (κ3) is 3.20. The van der Waals surface area contributed by atoms with Gasteiger partial charge in [0.15, 0.2) is 0 Å². The Labute approximate surface area is 158 Å². The van der Waals surface area contributed by atoms with Crippen molar-refractivity contribution in [2.45, 2.75) is 19.4 Å². The van der Waals surface area contributed by atoms with Crippen molar-refractivity contribution in [1.29, 1.82) is 0 Å². The summed E-state index contributed by atoms with van der Waals surface area (Å²) in [6, 6.07) is 21.9. The number of ether oxygens (including phenoxy) is 1. The Balaban J connectivity index is 1.50. The van der Waals surface area contributed by atoms with E-state index >= 15 is 0 Å². The van der Waals surface area contributed by atoms with Crippen molar-refractivity contribution >= 4 is 11.8 Å². The number of rotatable bonds is 4. The Morgan fingerprint density at radius 3 is 2.22 bits per heavy atom. The molecule has 136 valence electrons. The number of hydrogen-bond acceptors (Lipinski definition) is 3. The van der Waals surface area contributed by atoms with E-state index in [-0.39, 0.29) is 19.1 Å². The van der Waals surface area contributed by atoms with Crippen molar-refractivity contribution in [2.75, 3.05) is 11.9 Å². The van der Waals surface area contributed by atoms with Crippen molar-refractivity contribution in [3.8, 4) is 11.1 Å². The van der Waals surface area contributed by atoms with Crippen LogP contribution in [0.2, 0.25) is 0 Å². The summed E-state index contributed by atoms with van der Waals surface area (Å²) in [5.41, 5.74) is 7.05. The summed E-state index contributed by atoms with van der Waals surface area (Å²) >= 11 is 0. The Kier molecular flexibility index (Phi) is 4.65. The lowest BCUT2D eigenvalue weighted by molar-refractivity contribution is 0.158. The number of fused-ring (bicyclic) bond motifs is 3. The van der Waals surface area contributed by atoms with E-state index in [4.69, 9.17) is 4.74 Å². The molecule has 4 nitrogen and oxygen atoms in total. The number of carbonyl (C=O) groups is 1. The summed E-state index contributed by atoms with van der Waals surface area (Å²) in [4.78, 5) is 12.3. The van der Waals surface area contributed by atoms with Gasteiger partial charge in [0.2, 0.25) is 0 Å². The molecule has 0 heterocycles. The molecule has 0 saturated carbocycles. The van der Waals surface area contributed by atoms with Crippen LogP contribution in [0.5, 0.6) is 0 Å². The predicted molar refractivity (Wildman–Crippen MR) is 106 cm³/mol. The molecular formula is C23H21NO3. The van der Waals surface area contributed by atoms with Crippen LogP contribution in [-0.4, -0.2) is 17.8 Å². The maximum atomic E-state index is 12.3. The molecule has 0 fully saturated rings. The first kappa shape index (κ1) is 17.3. The number of nitrogens with one attached hydrogen (secondary N) is 1. The molecule has 1 aliphatic rings. The summed E-state index contributed by atoms with van der Waals surface area (Å²) in [6.45, 7) is 2.08. The lowest BCUT2D eigenvalue weighted by atomic mass is 9.98. The zero-order valence-electron chi connectivity index (χ0n) is 15.1. The van der Waals surface area contributed by atoms with Crippen LogP contribution >= 0.6 is 0 Å². The van der Waals surface area contributed by atoms with Gasteiger partial charge in [-0.25, -0.2) is 4.79 Å². The molecular weight excluding hydrogens is 338 g/mol. The van der Waals surface area contributed by atoms with E-state index in [1.54, 1.807) is 12.1 Å². The van der Waals surface area contributed by atoms with Gasteiger partial charge in [-0.1, -0.05) is 60.7 Å². The van der Waals surface area contributed by atoms with Crippen LogP contribution in [0.15, 0.2) is 66.7 Å². The fraction of sp³-hybridized carbons (Fsp3) is 0.174. The van der Waals surface area contributed by atoms with Gasteiger partial charge >= 0.3 is 6.09 Å². The monoisotopic (exact) mass is 359 g/mol. The minimum Gasteiger partial charge on any atom is -0.448 e. The molecule has 2 N–H and O–H groups in total. The first-order valence-electron chi connectivity index (χ1n) is 9.00.